The number of Topliss-reactive ketones (excluding diaryl/α,β-unsaturated/α-hetero) is 1. The van der Waals surface area contributed by atoms with Crippen molar-refractivity contribution < 1.29 is 9.90 Å². The first kappa shape index (κ1) is 15.2. The van der Waals surface area contributed by atoms with Crippen LogP contribution >= 0.6 is 0 Å². The number of ketones is 1. The molecule has 3 nitrogen and oxygen atoms in total. The molecule has 1 aliphatic carbocycles. The van der Waals surface area contributed by atoms with Crippen molar-refractivity contribution in [2.24, 2.45) is 4.99 Å². The van der Waals surface area contributed by atoms with E-state index in [9.17, 15) is 9.90 Å². The van der Waals surface area contributed by atoms with Crippen molar-refractivity contribution in [1.29, 1.82) is 0 Å². The van der Waals surface area contributed by atoms with Gasteiger partial charge in [-0.15, -0.1) is 0 Å². The normalized spacial score (nSPS) is 21.8. The minimum atomic E-state index is -0.0570. The first-order chi connectivity index (χ1) is 11.2. The molecule has 116 valence electrons. The number of hydrogen-bond acceptors (Lipinski definition) is 3. The summed E-state index contributed by atoms with van der Waals surface area (Å²) in [5.41, 5.74) is 4.08. The highest BCUT2D eigenvalue weighted by Gasteiger charge is 2.30. The molecule has 2 aromatic rings. The largest absolute Gasteiger partial charge is 0.515 e. The topological polar surface area (TPSA) is 49.7 Å². The lowest BCUT2D eigenvalue weighted by atomic mass is 9.80. The van der Waals surface area contributed by atoms with Crippen molar-refractivity contribution >= 4 is 17.2 Å². The van der Waals surface area contributed by atoms with Gasteiger partial charge in [-0.25, -0.2) is 0 Å². The van der Waals surface area contributed by atoms with E-state index in [1.165, 1.54) is 0 Å². The zero-order chi connectivity index (χ0) is 16.2. The van der Waals surface area contributed by atoms with E-state index in [2.05, 4.69) is 4.99 Å². The maximum Gasteiger partial charge on any atom is 0.168 e. The van der Waals surface area contributed by atoms with E-state index >= 15 is 0 Å². The molecule has 2 aromatic carbocycles. The number of aliphatic hydroxyl groups excluding tert-OH is 1. The number of aliphatic imine (C=N–C) groups is 1. The van der Waals surface area contributed by atoms with Gasteiger partial charge in [0, 0.05) is 6.42 Å². The average Bonchev–Trinajstić information content (AvgIpc) is 2.57. The van der Waals surface area contributed by atoms with Gasteiger partial charge in [-0.2, -0.15) is 0 Å². The molecule has 0 amide bonds. The van der Waals surface area contributed by atoms with Gasteiger partial charge in [-0.1, -0.05) is 48.0 Å². The highest BCUT2D eigenvalue weighted by Crippen LogP contribution is 2.33. The Hall–Kier alpha value is -2.68. The summed E-state index contributed by atoms with van der Waals surface area (Å²) in [6.45, 7) is 2.02. The third-order valence-electron chi connectivity index (χ3n) is 4.18. The molecule has 23 heavy (non-hydrogen) atoms. The van der Waals surface area contributed by atoms with Gasteiger partial charge in [0.05, 0.1) is 23.2 Å². The van der Waals surface area contributed by atoms with E-state index < -0.39 is 0 Å². The third-order valence-corrected chi connectivity index (χ3v) is 4.18. The van der Waals surface area contributed by atoms with Gasteiger partial charge in [-0.05, 0) is 37.0 Å². The third kappa shape index (κ3) is 3.39. The maximum atomic E-state index is 12.4. The number of allylic oxidation sites excluding steroid dienone is 1. The molecule has 0 spiro atoms. The fraction of sp³-hybridized carbons (Fsp3) is 0.200. The number of aryl methyl sites for hydroxylation is 1. The van der Waals surface area contributed by atoms with Crippen molar-refractivity contribution in [3.8, 4) is 0 Å². The minimum Gasteiger partial charge on any atom is -0.515 e. The van der Waals surface area contributed by atoms with Crippen LogP contribution in [0.1, 0.15) is 29.9 Å². The predicted molar refractivity (Wildman–Crippen MR) is 92.4 cm³/mol. The molecule has 1 fully saturated rings. The average molecular weight is 305 g/mol. The van der Waals surface area contributed by atoms with E-state index in [0.717, 1.165) is 23.1 Å². The molecule has 0 heterocycles. The highest BCUT2D eigenvalue weighted by molar-refractivity contribution is 6.24. The fourth-order valence-corrected chi connectivity index (χ4v) is 2.90. The molecule has 1 saturated carbocycles. The van der Waals surface area contributed by atoms with Gasteiger partial charge < -0.3 is 5.11 Å². The van der Waals surface area contributed by atoms with Crippen molar-refractivity contribution in [2.75, 3.05) is 0 Å². The molecule has 1 unspecified atom stereocenters. The first-order valence-electron chi connectivity index (χ1n) is 7.74. The van der Waals surface area contributed by atoms with Gasteiger partial charge in [0.2, 0.25) is 0 Å². The standard InChI is InChI=1S/C20H19NO2/c1-14-7-9-17(10-8-14)21-19-11-16(12-20(23)18(19)13-22)15-5-3-2-4-6-15/h2-10,13,16,22H,11-12H2,1H3/b18-13+,21-19?. The van der Waals surface area contributed by atoms with Crippen molar-refractivity contribution in [3.05, 3.63) is 77.6 Å². The predicted octanol–water partition coefficient (Wildman–Crippen LogP) is 4.66. The molecule has 3 rings (SSSR count). The fourth-order valence-electron chi connectivity index (χ4n) is 2.90. The van der Waals surface area contributed by atoms with Gasteiger partial charge in [-0.3, -0.25) is 9.79 Å². The molecule has 1 atom stereocenters. The van der Waals surface area contributed by atoms with Gasteiger partial charge in [0.1, 0.15) is 0 Å². The van der Waals surface area contributed by atoms with E-state index in [4.69, 9.17) is 0 Å². The Kier molecular flexibility index (Phi) is 4.38. The molecule has 0 radical (unpaired) electrons. The van der Waals surface area contributed by atoms with Crippen LogP contribution in [-0.4, -0.2) is 16.6 Å². The zero-order valence-electron chi connectivity index (χ0n) is 13.1. The summed E-state index contributed by atoms with van der Waals surface area (Å²) in [5, 5.41) is 9.45. The van der Waals surface area contributed by atoms with Crippen LogP contribution in [0.3, 0.4) is 0 Å². The lowest BCUT2D eigenvalue weighted by Crippen LogP contribution is -2.25. The minimum absolute atomic E-state index is 0.0570. The number of benzene rings is 2. The maximum absolute atomic E-state index is 12.4. The molecule has 3 heteroatoms. The Labute approximate surface area is 136 Å². The summed E-state index contributed by atoms with van der Waals surface area (Å²) in [6, 6.07) is 17.8. The Morgan fingerprint density at radius 3 is 2.39 bits per heavy atom. The quantitative estimate of drug-likeness (QED) is 0.648. The summed E-state index contributed by atoms with van der Waals surface area (Å²) in [4.78, 5) is 17.0. The lowest BCUT2D eigenvalue weighted by molar-refractivity contribution is -0.115. The molecule has 1 N–H and O–H groups in total. The SMILES string of the molecule is Cc1ccc(N=C2CC(c3ccccc3)CC(=O)/C2=C/O)cc1. The van der Waals surface area contributed by atoms with E-state index in [0.29, 0.717) is 24.1 Å². The van der Waals surface area contributed by atoms with Gasteiger partial charge in [0.25, 0.3) is 0 Å². The molecule has 0 aliphatic heterocycles. The van der Waals surface area contributed by atoms with Crippen LogP contribution in [0.15, 0.2) is 71.4 Å². The van der Waals surface area contributed by atoms with Crippen molar-refractivity contribution in [2.45, 2.75) is 25.7 Å². The second-order valence-corrected chi connectivity index (χ2v) is 5.88. The number of hydrogen-bond donors (Lipinski definition) is 1. The summed E-state index contributed by atoms with van der Waals surface area (Å²) in [6.07, 6.45) is 1.95. The van der Waals surface area contributed by atoms with E-state index in [-0.39, 0.29) is 11.7 Å². The number of aliphatic hydroxyl groups is 1. The number of rotatable bonds is 2. The smallest absolute Gasteiger partial charge is 0.168 e. The van der Waals surface area contributed by atoms with E-state index in [1.54, 1.807) is 0 Å². The van der Waals surface area contributed by atoms with E-state index in [1.807, 2.05) is 61.5 Å². The second-order valence-electron chi connectivity index (χ2n) is 5.88. The summed E-state index contributed by atoms with van der Waals surface area (Å²) < 4.78 is 0. The first-order valence-corrected chi connectivity index (χ1v) is 7.74. The molecule has 0 bridgehead atoms. The van der Waals surface area contributed by atoms with Crippen LogP contribution in [0.2, 0.25) is 0 Å². The number of nitrogens with zero attached hydrogens (tertiary/aromatic N) is 1. The number of carbonyl (C=O) groups is 1. The molecular formula is C20H19NO2. The molecular weight excluding hydrogens is 286 g/mol. The van der Waals surface area contributed by atoms with Crippen LogP contribution in [0.25, 0.3) is 0 Å². The summed E-state index contributed by atoms with van der Waals surface area (Å²) in [7, 11) is 0. The Balaban J connectivity index is 1.95. The number of carbonyl (C=O) groups excluding carboxylic acids is 1. The molecule has 0 aromatic heterocycles. The Morgan fingerprint density at radius 1 is 1.04 bits per heavy atom. The summed E-state index contributed by atoms with van der Waals surface area (Å²) in [5.74, 6) is 0.0510. The molecule has 1 aliphatic rings. The Morgan fingerprint density at radius 2 is 1.74 bits per heavy atom. The second kappa shape index (κ2) is 6.61. The van der Waals surface area contributed by atoms with Crippen LogP contribution in [0.5, 0.6) is 0 Å². The van der Waals surface area contributed by atoms with Gasteiger partial charge >= 0.3 is 0 Å². The summed E-state index contributed by atoms with van der Waals surface area (Å²) >= 11 is 0. The van der Waals surface area contributed by atoms with Crippen molar-refractivity contribution in [1.82, 2.24) is 0 Å². The monoisotopic (exact) mass is 305 g/mol. The Bertz CT molecular complexity index is 758. The lowest BCUT2D eigenvalue weighted by Gasteiger charge is -2.24. The van der Waals surface area contributed by atoms with Crippen molar-refractivity contribution in [3.63, 3.8) is 0 Å². The zero-order valence-corrected chi connectivity index (χ0v) is 13.1. The van der Waals surface area contributed by atoms with Crippen LogP contribution in [-0.2, 0) is 4.79 Å². The molecule has 0 saturated heterocycles. The van der Waals surface area contributed by atoms with Gasteiger partial charge in [0.15, 0.2) is 5.78 Å². The van der Waals surface area contributed by atoms with Crippen LogP contribution in [0.4, 0.5) is 5.69 Å². The highest BCUT2D eigenvalue weighted by atomic mass is 16.2. The van der Waals surface area contributed by atoms with Crippen LogP contribution in [0, 0.1) is 6.92 Å². The van der Waals surface area contributed by atoms with Crippen LogP contribution < -0.4 is 0 Å².